The van der Waals surface area contributed by atoms with E-state index in [0.29, 0.717) is 30.3 Å². The molecule has 0 spiro atoms. The molecule has 0 bridgehead atoms. The fourth-order valence-electron chi connectivity index (χ4n) is 3.57. The summed E-state index contributed by atoms with van der Waals surface area (Å²) < 4.78 is 5.07. The van der Waals surface area contributed by atoms with Crippen molar-refractivity contribution in [2.24, 2.45) is 0 Å². The lowest BCUT2D eigenvalue weighted by molar-refractivity contribution is 0.181. The smallest absolute Gasteiger partial charge is 0.414 e. The molecule has 6 heteroatoms. The summed E-state index contributed by atoms with van der Waals surface area (Å²) in [5.41, 5.74) is 4.60. The largest absolute Gasteiger partial charge is 0.447 e. The molecule has 0 atom stereocenters. The van der Waals surface area contributed by atoms with E-state index in [1.54, 1.807) is 17.0 Å². The monoisotopic (exact) mass is 353 g/mol. The van der Waals surface area contributed by atoms with Gasteiger partial charge >= 0.3 is 6.09 Å². The van der Waals surface area contributed by atoms with E-state index in [0.717, 1.165) is 29.9 Å². The number of nitriles is 1. The van der Waals surface area contributed by atoms with Crippen molar-refractivity contribution in [1.82, 2.24) is 0 Å². The molecule has 0 N–H and O–H groups in total. The number of ether oxygens (including phenoxy) is 1. The van der Waals surface area contributed by atoms with Crippen molar-refractivity contribution in [3.05, 3.63) is 58.1 Å². The van der Waals surface area contributed by atoms with Gasteiger partial charge in [0.2, 0.25) is 0 Å². The van der Waals surface area contributed by atoms with Gasteiger partial charge in [0.05, 0.1) is 28.5 Å². The molecule has 2 aliphatic heterocycles. The third-order valence-corrected chi connectivity index (χ3v) is 5.02. The van der Waals surface area contributed by atoms with E-state index in [1.165, 1.54) is 5.56 Å². The van der Waals surface area contributed by atoms with Crippen LogP contribution in [0.5, 0.6) is 0 Å². The van der Waals surface area contributed by atoms with Crippen LogP contribution in [0.1, 0.15) is 16.7 Å². The molecule has 0 aliphatic carbocycles. The lowest BCUT2D eigenvalue weighted by Gasteiger charge is -2.33. The molecule has 0 saturated carbocycles. The minimum absolute atomic E-state index is 0.284. The first-order valence-corrected chi connectivity index (χ1v) is 8.55. The summed E-state index contributed by atoms with van der Waals surface area (Å²) in [5.74, 6) is 0. The molecular weight excluding hydrogens is 338 g/mol. The second kappa shape index (κ2) is 6.30. The summed E-state index contributed by atoms with van der Waals surface area (Å²) in [6.07, 6.45) is 0.500. The zero-order chi connectivity index (χ0) is 17.4. The molecule has 1 fully saturated rings. The van der Waals surface area contributed by atoms with Gasteiger partial charge in [-0.2, -0.15) is 5.26 Å². The van der Waals surface area contributed by atoms with Gasteiger partial charge in [0, 0.05) is 13.1 Å². The summed E-state index contributed by atoms with van der Waals surface area (Å²) in [7, 11) is 0. The predicted octanol–water partition coefficient (Wildman–Crippen LogP) is 3.73. The highest BCUT2D eigenvalue weighted by Crippen LogP contribution is 2.36. The Labute approximate surface area is 151 Å². The summed E-state index contributed by atoms with van der Waals surface area (Å²) in [6, 6.07) is 13.6. The predicted molar refractivity (Wildman–Crippen MR) is 96.1 cm³/mol. The van der Waals surface area contributed by atoms with Crippen LogP contribution in [0, 0.1) is 11.3 Å². The Morgan fingerprint density at radius 3 is 2.76 bits per heavy atom. The number of halogens is 1. The van der Waals surface area contributed by atoms with Crippen LogP contribution in [0.2, 0.25) is 5.02 Å². The number of carbonyl (C=O) groups excluding carboxylic acids is 1. The maximum atomic E-state index is 11.9. The molecule has 0 aromatic heterocycles. The normalized spacial score (nSPS) is 16.4. The minimum atomic E-state index is -0.284. The second-order valence-electron chi connectivity index (χ2n) is 6.10. The molecule has 126 valence electrons. The maximum absolute atomic E-state index is 11.9. The average molecular weight is 354 g/mol. The van der Waals surface area contributed by atoms with Gasteiger partial charge in [0.1, 0.15) is 12.7 Å². The van der Waals surface area contributed by atoms with E-state index in [4.69, 9.17) is 16.3 Å². The molecule has 1 saturated heterocycles. The van der Waals surface area contributed by atoms with Gasteiger partial charge in [0.25, 0.3) is 0 Å². The third-order valence-electron chi connectivity index (χ3n) is 4.72. The van der Waals surface area contributed by atoms with Gasteiger partial charge in [-0.3, -0.25) is 4.90 Å². The van der Waals surface area contributed by atoms with Gasteiger partial charge in [-0.1, -0.05) is 29.8 Å². The third kappa shape index (κ3) is 2.69. The van der Waals surface area contributed by atoms with Crippen molar-refractivity contribution < 1.29 is 9.53 Å². The van der Waals surface area contributed by atoms with Crippen LogP contribution >= 0.6 is 11.6 Å². The minimum Gasteiger partial charge on any atom is -0.447 e. The van der Waals surface area contributed by atoms with Crippen LogP contribution in [-0.4, -0.2) is 25.8 Å². The van der Waals surface area contributed by atoms with Crippen molar-refractivity contribution >= 4 is 29.1 Å². The van der Waals surface area contributed by atoms with Gasteiger partial charge < -0.3 is 9.64 Å². The fraction of sp³-hybridized carbons (Fsp3) is 0.263. The number of anilines is 2. The number of carbonyl (C=O) groups is 1. The first-order valence-electron chi connectivity index (χ1n) is 8.17. The molecule has 5 nitrogen and oxygen atoms in total. The Hall–Kier alpha value is -2.71. The van der Waals surface area contributed by atoms with Crippen molar-refractivity contribution in [2.45, 2.75) is 13.0 Å². The molecule has 2 heterocycles. The first kappa shape index (κ1) is 15.8. The Bertz CT molecular complexity index is 891. The molecule has 0 unspecified atom stereocenters. The van der Waals surface area contributed by atoms with Gasteiger partial charge in [-0.15, -0.1) is 0 Å². The van der Waals surface area contributed by atoms with Crippen LogP contribution in [0.4, 0.5) is 16.2 Å². The van der Waals surface area contributed by atoms with Crippen LogP contribution in [0.25, 0.3) is 0 Å². The van der Waals surface area contributed by atoms with Crippen molar-refractivity contribution in [3.8, 4) is 6.07 Å². The SMILES string of the molecule is N#Cc1cccc(Cl)c1N1CCc2c(cccc2N2CCOC2=O)C1. The standard InChI is InChI=1S/C19H16ClN3O2/c20-16-5-1-3-13(11-21)18(16)22-8-7-15-14(12-22)4-2-6-17(15)23-9-10-25-19(23)24/h1-6H,7-10,12H2. The molecule has 2 aliphatic rings. The summed E-state index contributed by atoms with van der Waals surface area (Å²) in [4.78, 5) is 15.7. The van der Waals surface area contributed by atoms with E-state index in [9.17, 15) is 10.1 Å². The lowest BCUT2D eigenvalue weighted by atomic mass is 9.96. The van der Waals surface area contributed by atoms with E-state index in [1.807, 2.05) is 18.2 Å². The summed E-state index contributed by atoms with van der Waals surface area (Å²) in [5, 5.41) is 9.98. The Kier molecular flexibility index (Phi) is 3.98. The number of cyclic esters (lactones) is 1. The number of para-hydroxylation sites is 1. The van der Waals surface area contributed by atoms with Crippen LogP contribution in [0.3, 0.4) is 0 Å². The molecule has 1 amide bonds. The van der Waals surface area contributed by atoms with Crippen molar-refractivity contribution in [1.29, 1.82) is 5.26 Å². The van der Waals surface area contributed by atoms with E-state index in [2.05, 4.69) is 17.0 Å². The van der Waals surface area contributed by atoms with Gasteiger partial charge in [-0.25, -0.2) is 4.79 Å². The quantitative estimate of drug-likeness (QED) is 0.825. The zero-order valence-electron chi connectivity index (χ0n) is 13.5. The second-order valence-corrected chi connectivity index (χ2v) is 6.51. The number of hydrogen-bond donors (Lipinski definition) is 0. The number of rotatable bonds is 2. The summed E-state index contributed by atoms with van der Waals surface area (Å²) in [6.45, 7) is 2.41. The topological polar surface area (TPSA) is 56.6 Å². The van der Waals surface area contributed by atoms with E-state index in [-0.39, 0.29) is 6.09 Å². The van der Waals surface area contributed by atoms with Gasteiger partial charge in [-0.05, 0) is 35.7 Å². The Morgan fingerprint density at radius 2 is 2.00 bits per heavy atom. The van der Waals surface area contributed by atoms with Gasteiger partial charge in [0.15, 0.2) is 0 Å². The Morgan fingerprint density at radius 1 is 1.16 bits per heavy atom. The highest BCUT2D eigenvalue weighted by atomic mass is 35.5. The zero-order valence-corrected chi connectivity index (χ0v) is 14.3. The number of nitrogens with zero attached hydrogens (tertiary/aromatic N) is 3. The number of hydrogen-bond acceptors (Lipinski definition) is 4. The van der Waals surface area contributed by atoms with E-state index >= 15 is 0 Å². The van der Waals surface area contributed by atoms with E-state index < -0.39 is 0 Å². The molecule has 0 radical (unpaired) electrons. The van der Waals surface area contributed by atoms with Crippen molar-refractivity contribution in [2.75, 3.05) is 29.5 Å². The Balaban J connectivity index is 1.70. The van der Waals surface area contributed by atoms with Crippen molar-refractivity contribution in [3.63, 3.8) is 0 Å². The number of amides is 1. The molecule has 2 aromatic rings. The fourth-order valence-corrected chi connectivity index (χ4v) is 3.87. The maximum Gasteiger partial charge on any atom is 0.414 e. The number of benzene rings is 2. The van der Waals surface area contributed by atoms with Crippen LogP contribution in [-0.2, 0) is 17.7 Å². The molecule has 4 rings (SSSR count). The molecule has 2 aromatic carbocycles. The van der Waals surface area contributed by atoms with Crippen LogP contribution in [0.15, 0.2) is 36.4 Å². The highest BCUT2D eigenvalue weighted by molar-refractivity contribution is 6.33. The molecular formula is C19H16ClN3O2. The average Bonchev–Trinajstić information content (AvgIpc) is 3.06. The highest BCUT2D eigenvalue weighted by Gasteiger charge is 2.29. The summed E-state index contributed by atoms with van der Waals surface area (Å²) >= 11 is 6.36. The molecule has 25 heavy (non-hydrogen) atoms. The lowest BCUT2D eigenvalue weighted by Crippen LogP contribution is -2.33. The number of fused-ring (bicyclic) bond motifs is 1. The van der Waals surface area contributed by atoms with Crippen LogP contribution < -0.4 is 9.80 Å². The first-order chi connectivity index (χ1) is 12.2.